The van der Waals surface area contributed by atoms with Crippen LogP contribution in [0.2, 0.25) is 0 Å². The van der Waals surface area contributed by atoms with Crippen molar-refractivity contribution in [2.24, 2.45) is 0 Å². The lowest BCUT2D eigenvalue weighted by molar-refractivity contribution is -0.0281. The number of hydrogen-bond donors (Lipinski definition) is 2. The van der Waals surface area contributed by atoms with Gasteiger partial charge in [-0.15, -0.1) is 0 Å². The van der Waals surface area contributed by atoms with Crippen molar-refractivity contribution >= 4 is 12.0 Å². The molecule has 8 heteroatoms. The summed E-state index contributed by atoms with van der Waals surface area (Å²) in [6.45, 7) is 0.913. The first-order chi connectivity index (χ1) is 15.6. The van der Waals surface area contributed by atoms with Crippen molar-refractivity contribution in [3.05, 3.63) is 77.9 Å². The van der Waals surface area contributed by atoms with Gasteiger partial charge in [0.05, 0.1) is 13.7 Å². The lowest BCUT2D eigenvalue weighted by atomic mass is 10.1. The van der Waals surface area contributed by atoms with E-state index in [-0.39, 0.29) is 18.6 Å². The van der Waals surface area contributed by atoms with Gasteiger partial charge in [0.15, 0.2) is 6.10 Å². The maximum Gasteiger partial charge on any atom is 0.407 e. The van der Waals surface area contributed by atoms with Crippen LogP contribution in [-0.2, 0) is 20.8 Å². The molecule has 0 radical (unpaired) electrons. The Balaban J connectivity index is 1.35. The van der Waals surface area contributed by atoms with Gasteiger partial charge in [-0.3, -0.25) is 4.79 Å². The second-order valence-electron chi connectivity index (χ2n) is 7.51. The second kappa shape index (κ2) is 10.3. The predicted molar refractivity (Wildman–Crippen MR) is 116 cm³/mol. The van der Waals surface area contributed by atoms with Crippen molar-refractivity contribution in [2.75, 3.05) is 20.3 Å². The number of hydrogen-bond acceptors (Lipinski definition) is 6. The molecule has 0 aromatic heterocycles. The van der Waals surface area contributed by atoms with Crippen LogP contribution in [0.5, 0.6) is 5.75 Å². The van der Waals surface area contributed by atoms with E-state index < -0.39 is 24.4 Å². The average Bonchev–Trinajstić information content (AvgIpc) is 3.19. The number of nitrogens with one attached hydrogen (secondary N) is 2. The lowest BCUT2D eigenvalue weighted by Gasteiger charge is -2.25. The summed E-state index contributed by atoms with van der Waals surface area (Å²) in [4.78, 5) is 24.9. The Kier molecular flexibility index (Phi) is 7.03. The summed E-state index contributed by atoms with van der Waals surface area (Å²) in [5.41, 5.74) is 1.46. The Bertz CT molecular complexity index is 947. The Morgan fingerprint density at radius 1 is 1.06 bits per heavy atom. The molecule has 2 aromatic rings. The van der Waals surface area contributed by atoms with Gasteiger partial charge >= 0.3 is 6.09 Å². The normalized spacial score (nSPS) is 23.8. The van der Waals surface area contributed by atoms with Crippen LogP contribution in [0.1, 0.15) is 15.9 Å². The summed E-state index contributed by atoms with van der Waals surface area (Å²) in [5.74, 6) is 0.525. The molecule has 2 N–H and O–H groups in total. The maximum absolute atomic E-state index is 12.5. The van der Waals surface area contributed by atoms with E-state index in [1.54, 1.807) is 31.4 Å². The minimum Gasteiger partial charge on any atom is -0.497 e. The molecular formula is C24H26N2O6. The van der Waals surface area contributed by atoms with Crippen LogP contribution in [0.3, 0.4) is 0 Å². The fraction of sp³-hybridized carbons (Fsp3) is 0.333. The van der Waals surface area contributed by atoms with E-state index in [0.717, 1.165) is 11.3 Å². The van der Waals surface area contributed by atoms with Gasteiger partial charge in [0.25, 0.3) is 5.91 Å². The molecule has 2 amide bonds. The topological polar surface area (TPSA) is 95.1 Å². The fourth-order valence-corrected chi connectivity index (χ4v) is 3.73. The molecular weight excluding hydrogens is 412 g/mol. The zero-order chi connectivity index (χ0) is 22.3. The van der Waals surface area contributed by atoms with Crippen LogP contribution in [0.4, 0.5) is 4.79 Å². The van der Waals surface area contributed by atoms with Crippen LogP contribution in [-0.4, -0.2) is 56.7 Å². The minimum atomic E-state index is -0.656. The number of fused-ring (bicyclic) bond motifs is 1. The molecule has 168 valence electrons. The van der Waals surface area contributed by atoms with E-state index in [2.05, 4.69) is 10.6 Å². The maximum atomic E-state index is 12.5. The van der Waals surface area contributed by atoms with Gasteiger partial charge in [-0.25, -0.2) is 4.79 Å². The largest absolute Gasteiger partial charge is 0.497 e. The molecule has 2 aliphatic heterocycles. The molecule has 4 rings (SSSR count). The van der Waals surface area contributed by atoms with Gasteiger partial charge in [-0.2, -0.15) is 0 Å². The first-order valence-corrected chi connectivity index (χ1v) is 10.5. The van der Waals surface area contributed by atoms with Crippen LogP contribution in [0.15, 0.2) is 66.7 Å². The molecule has 32 heavy (non-hydrogen) atoms. The summed E-state index contributed by atoms with van der Waals surface area (Å²) in [6, 6.07) is 16.3. The molecule has 1 saturated heterocycles. The van der Waals surface area contributed by atoms with Crippen molar-refractivity contribution in [1.82, 2.24) is 10.6 Å². The fourth-order valence-electron chi connectivity index (χ4n) is 3.73. The number of ether oxygens (including phenoxy) is 4. The minimum absolute atomic E-state index is 0.189. The molecule has 0 unspecified atom stereocenters. The van der Waals surface area contributed by atoms with Gasteiger partial charge in [0, 0.05) is 18.7 Å². The highest BCUT2D eigenvalue weighted by molar-refractivity contribution is 5.94. The molecule has 1 fully saturated rings. The summed E-state index contributed by atoms with van der Waals surface area (Å²) in [5, 5.41) is 5.61. The second-order valence-corrected chi connectivity index (χ2v) is 7.51. The van der Waals surface area contributed by atoms with Gasteiger partial charge in [-0.05, 0) is 29.8 Å². The molecule has 2 heterocycles. The van der Waals surface area contributed by atoms with Gasteiger partial charge in [-0.1, -0.05) is 42.5 Å². The van der Waals surface area contributed by atoms with E-state index in [0.29, 0.717) is 18.7 Å². The highest BCUT2D eigenvalue weighted by Crippen LogP contribution is 2.29. The number of carbonyl (C=O) groups excluding carboxylic acids is 2. The van der Waals surface area contributed by atoms with Crippen LogP contribution in [0, 0.1) is 0 Å². The molecule has 2 aliphatic rings. The van der Waals surface area contributed by atoms with E-state index >= 15 is 0 Å². The number of benzene rings is 2. The highest BCUT2D eigenvalue weighted by atomic mass is 16.6. The zero-order valence-corrected chi connectivity index (χ0v) is 17.7. The van der Waals surface area contributed by atoms with Gasteiger partial charge in [0.1, 0.15) is 24.1 Å². The molecule has 0 bridgehead atoms. The Morgan fingerprint density at radius 3 is 2.59 bits per heavy atom. The van der Waals surface area contributed by atoms with Crippen LogP contribution in [0.25, 0.3) is 0 Å². The quantitative estimate of drug-likeness (QED) is 0.645. The van der Waals surface area contributed by atoms with Crippen molar-refractivity contribution in [3.8, 4) is 5.75 Å². The number of alkyl carbamates (subject to hydrolysis) is 1. The third-order valence-corrected chi connectivity index (χ3v) is 5.40. The number of methoxy groups -OCH3 is 1. The van der Waals surface area contributed by atoms with Crippen LogP contribution >= 0.6 is 0 Å². The number of amides is 2. The lowest BCUT2D eigenvalue weighted by Crippen LogP contribution is -2.45. The van der Waals surface area contributed by atoms with E-state index in [1.807, 2.05) is 42.5 Å². The third kappa shape index (κ3) is 5.27. The number of rotatable bonds is 7. The standard InChI is InChI=1S/C24H26N2O6/c1-29-18-11-9-16(10-12-18)14-26-24(28)32-22-20(31-19-8-5-13-30-21(19)22)15-25-23(27)17-6-3-2-4-7-17/h2-12,19-22H,13-15H2,1H3,(H,25,27)(H,26,28)/t19-,20+,21+,22+/m0/s1. The first-order valence-electron chi connectivity index (χ1n) is 10.5. The summed E-state index contributed by atoms with van der Waals surface area (Å²) in [6.07, 6.45) is 1.25. The van der Waals surface area contributed by atoms with E-state index in [9.17, 15) is 9.59 Å². The van der Waals surface area contributed by atoms with Crippen molar-refractivity contribution in [2.45, 2.75) is 31.0 Å². The molecule has 0 aliphatic carbocycles. The summed E-state index contributed by atoms with van der Waals surface area (Å²) < 4.78 is 22.6. The monoisotopic (exact) mass is 438 g/mol. The Morgan fingerprint density at radius 2 is 1.84 bits per heavy atom. The molecule has 2 aromatic carbocycles. The van der Waals surface area contributed by atoms with Crippen molar-refractivity contribution in [1.29, 1.82) is 0 Å². The van der Waals surface area contributed by atoms with E-state index in [4.69, 9.17) is 18.9 Å². The Labute approximate surface area is 186 Å². The van der Waals surface area contributed by atoms with Gasteiger partial charge in [0.2, 0.25) is 0 Å². The third-order valence-electron chi connectivity index (χ3n) is 5.40. The SMILES string of the molecule is COc1ccc(CNC(=O)O[C@H]2[C@@H]3OCC=C[C@@H]3O[C@@H]2CNC(=O)c2ccccc2)cc1. The number of carbonyl (C=O) groups is 2. The molecule has 4 atom stereocenters. The van der Waals surface area contributed by atoms with Crippen LogP contribution < -0.4 is 15.4 Å². The summed E-state index contributed by atoms with van der Waals surface area (Å²) >= 11 is 0. The highest BCUT2D eigenvalue weighted by Gasteiger charge is 2.47. The molecule has 0 spiro atoms. The van der Waals surface area contributed by atoms with E-state index in [1.165, 1.54) is 0 Å². The Hall–Kier alpha value is -3.36. The zero-order valence-electron chi connectivity index (χ0n) is 17.7. The predicted octanol–water partition coefficient (Wildman–Crippen LogP) is 2.44. The smallest absolute Gasteiger partial charge is 0.407 e. The molecule has 8 nitrogen and oxygen atoms in total. The van der Waals surface area contributed by atoms with Crippen molar-refractivity contribution < 1.29 is 28.5 Å². The first kappa shape index (κ1) is 21.9. The average molecular weight is 438 g/mol. The van der Waals surface area contributed by atoms with Gasteiger partial charge < -0.3 is 29.6 Å². The van der Waals surface area contributed by atoms with Crippen molar-refractivity contribution in [3.63, 3.8) is 0 Å². The molecule has 0 saturated carbocycles. The summed E-state index contributed by atoms with van der Waals surface area (Å²) in [7, 11) is 1.60.